The highest BCUT2D eigenvalue weighted by Gasteiger charge is 2.61. The van der Waals surface area contributed by atoms with Crippen LogP contribution in [0, 0.1) is 32.5 Å². The van der Waals surface area contributed by atoms with Crippen LogP contribution in [0.25, 0.3) is 0 Å². The van der Waals surface area contributed by atoms with Gasteiger partial charge in [-0.05, 0) is 111 Å². The third kappa shape index (κ3) is 9.71. The van der Waals surface area contributed by atoms with E-state index in [9.17, 15) is 14.8 Å². The molecule has 0 amide bonds. The molecular formula is C39H75NO6. The highest BCUT2D eigenvalue weighted by atomic mass is 16.6. The van der Waals surface area contributed by atoms with Crippen LogP contribution in [-0.4, -0.2) is 57.2 Å². The summed E-state index contributed by atoms with van der Waals surface area (Å²) in [6.45, 7) is 43.5. The topological polar surface area (TPSA) is 85.3 Å². The summed E-state index contributed by atoms with van der Waals surface area (Å²) >= 11 is 0. The van der Waals surface area contributed by atoms with Crippen molar-refractivity contribution in [2.24, 2.45) is 32.5 Å². The molecule has 1 aliphatic heterocycles. The lowest BCUT2D eigenvalue weighted by atomic mass is 9.47. The number of ether oxygens (including phenoxy) is 3. The fourth-order valence-corrected chi connectivity index (χ4v) is 7.43. The number of hydrogen-bond acceptors (Lipinski definition) is 7. The highest BCUT2D eigenvalue weighted by molar-refractivity contribution is 5.79. The van der Waals surface area contributed by atoms with Gasteiger partial charge in [-0.25, -0.2) is 0 Å². The molecule has 2 unspecified atom stereocenters. The number of piperidine rings is 1. The molecule has 1 rings (SSSR count). The Labute approximate surface area is 284 Å². The fraction of sp³-hybridized carbons (Fsp3) is 0.949. The first-order valence-corrected chi connectivity index (χ1v) is 17.4. The van der Waals surface area contributed by atoms with Crippen molar-refractivity contribution >= 4 is 11.9 Å². The number of rotatable bonds is 11. The van der Waals surface area contributed by atoms with Gasteiger partial charge in [0.25, 0.3) is 0 Å². The van der Waals surface area contributed by atoms with E-state index in [-0.39, 0.29) is 35.7 Å². The SMILES string of the molecule is CC(C)(C)CC(C)(C(=O)OC1CC(C)(C)N(O)C(C)(C)C1)C(C)(C)C(C)(C)CC(C)(C(=O)OC(C)(C)COC(C)(C)C)C(C)(C)C. The predicted octanol–water partition coefficient (Wildman–Crippen LogP) is 10.0. The van der Waals surface area contributed by atoms with Crippen molar-refractivity contribution < 1.29 is 29.0 Å². The molecule has 1 heterocycles. The normalized spacial score (nSPS) is 21.7. The molecule has 0 aliphatic carbocycles. The lowest BCUT2D eigenvalue weighted by Gasteiger charge is -2.57. The maximum absolute atomic E-state index is 14.6. The number of hydroxylamine groups is 2. The average Bonchev–Trinajstić information content (AvgIpc) is 2.77. The number of esters is 2. The number of carbonyl (C=O) groups is 2. The van der Waals surface area contributed by atoms with Gasteiger partial charge in [-0.15, -0.1) is 0 Å². The number of nitrogens with zero attached hydrogens (tertiary/aromatic N) is 1. The Hall–Kier alpha value is -1.18. The van der Waals surface area contributed by atoms with E-state index in [1.54, 1.807) is 0 Å². The third-order valence-electron chi connectivity index (χ3n) is 11.4. The van der Waals surface area contributed by atoms with E-state index < -0.39 is 43.8 Å². The van der Waals surface area contributed by atoms with Crippen LogP contribution in [0.15, 0.2) is 0 Å². The van der Waals surface area contributed by atoms with Gasteiger partial charge in [0.05, 0.1) is 23.0 Å². The minimum atomic E-state index is -0.887. The quantitative estimate of drug-likeness (QED) is 0.222. The molecule has 46 heavy (non-hydrogen) atoms. The molecule has 272 valence electrons. The molecule has 2 atom stereocenters. The van der Waals surface area contributed by atoms with Crippen LogP contribution in [0.1, 0.15) is 171 Å². The van der Waals surface area contributed by atoms with Gasteiger partial charge in [0.15, 0.2) is 0 Å². The van der Waals surface area contributed by atoms with Crippen LogP contribution in [0.2, 0.25) is 0 Å². The lowest BCUT2D eigenvalue weighted by Crippen LogP contribution is -2.61. The Bertz CT molecular complexity index is 1060. The van der Waals surface area contributed by atoms with Gasteiger partial charge in [0, 0.05) is 23.9 Å². The van der Waals surface area contributed by atoms with E-state index in [2.05, 4.69) is 76.2 Å². The minimum Gasteiger partial charge on any atom is -0.462 e. The van der Waals surface area contributed by atoms with Gasteiger partial charge < -0.3 is 19.4 Å². The van der Waals surface area contributed by atoms with Gasteiger partial charge >= 0.3 is 11.9 Å². The molecule has 0 radical (unpaired) electrons. The van der Waals surface area contributed by atoms with Crippen LogP contribution in [0.4, 0.5) is 0 Å². The minimum absolute atomic E-state index is 0.169. The monoisotopic (exact) mass is 654 g/mol. The Morgan fingerprint density at radius 2 is 1.13 bits per heavy atom. The van der Waals surface area contributed by atoms with Crippen molar-refractivity contribution in [3.63, 3.8) is 0 Å². The molecule has 1 aliphatic rings. The van der Waals surface area contributed by atoms with Crippen molar-refractivity contribution in [2.45, 2.75) is 199 Å². The summed E-state index contributed by atoms with van der Waals surface area (Å²) in [5.74, 6) is -0.476. The first-order valence-electron chi connectivity index (χ1n) is 17.4. The van der Waals surface area contributed by atoms with Crippen LogP contribution >= 0.6 is 0 Å². The van der Waals surface area contributed by atoms with E-state index in [1.807, 2.05) is 69.2 Å². The second-order valence-electron chi connectivity index (χ2n) is 21.3. The van der Waals surface area contributed by atoms with Crippen molar-refractivity contribution in [2.75, 3.05) is 6.61 Å². The van der Waals surface area contributed by atoms with Crippen molar-refractivity contribution in [1.82, 2.24) is 5.06 Å². The Morgan fingerprint density at radius 1 is 0.696 bits per heavy atom. The average molecular weight is 654 g/mol. The second kappa shape index (κ2) is 12.9. The highest BCUT2D eigenvalue weighted by Crippen LogP contribution is 2.61. The maximum atomic E-state index is 14.6. The Kier molecular flexibility index (Phi) is 12.0. The molecular weight excluding hydrogens is 578 g/mol. The van der Waals surface area contributed by atoms with E-state index in [4.69, 9.17) is 14.2 Å². The zero-order chi connectivity index (χ0) is 37.0. The fourth-order valence-electron chi connectivity index (χ4n) is 7.43. The van der Waals surface area contributed by atoms with Gasteiger partial charge in [-0.2, -0.15) is 5.06 Å². The second-order valence-corrected chi connectivity index (χ2v) is 21.3. The molecule has 7 nitrogen and oxygen atoms in total. The number of hydrogen-bond donors (Lipinski definition) is 1. The van der Waals surface area contributed by atoms with Gasteiger partial charge in [-0.1, -0.05) is 69.2 Å². The molecule has 0 aromatic rings. The molecule has 0 saturated carbocycles. The largest absolute Gasteiger partial charge is 0.462 e. The van der Waals surface area contributed by atoms with Crippen LogP contribution < -0.4 is 0 Å². The molecule has 1 fully saturated rings. The first kappa shape index (κ1) is 42.8. The molecule has 0 aromatic heterocycles. The standard InChI is InChI=1S/C39H75NO6/c1-30(2,3)24-39(21,28(41)45-27-22-34(12,13)40(43)35(14,15)23-27)37(18,19)33(10,11)25-38(20,31(4,5)6)29(42)46-36(16,17)26-44-32(7,8)9/h27,43H,22-26H2,1-21H3. The summed E-state index contributed by atoms with van der Waals surface area (Å²) in [5.41, 5.74) is -5.72. The lowest BCUT2D eigenvalue weighted by molar-refractivity contribution is -0.262. The molecule has 1 N–H and O–H groups in total. The maximum Gasteiger partial charge on any atom is 0.312 e. The summed E-state index contributed by atoms with van der Waals surface area (Å²) in [7, 11) is 0. The van der Waals surface area contributed by atoms with Crippen molar-refractivity contribution in [3.8, 4) is 0 Å². The van der Waals surface area contributed by atoms with Gasteiger partial charge in [0.1, 0.15) is 11.7 Å². The zero-order valence-corrected chi connectivity index (χ0v) is 34.0. The third-order valence-corrected chi connectivity index (χ3v) is 11.4. The smallest absolute Gasteiger partial charge is 0.312 e. The Balaban J connectivity index is 3.59. The van der Waals surface area contributed by atoms with Crippen molar-refractivity contribution in [1.29, 1.82) is 0 Å². The summed E-state index contributed by atoms with van der Waals surface area (Å²) < 4.78 is 18.8. The number of carbonyl (C=O) groups excluding carboxylic acids is 2. The van der Waals surface area contributed by atoms with Crippen LogP contribution in [-0.2, 0) is 23.8 Å². The predicted molar refractivity (Wildman–Crippen MR) is 189 cm³/mol. The van der Waals surface area contributed by atoms with Gasteiger partial charge in [0.2, 0.25) is 0 Å². The molecule has 0 aromatic carbocycles. The van der Waals surface area contributed by atoms with E-state index >= 15 is 0 Å². The molecule has 1 saturated heterocycles. The molecule has 0 spiro atoms. The van der Waals surface area contributed by atoms with E-state index in [0.717, 1.165) is 0 Å². The zero-order valence-electron chi connectivity index (χ0n) is 34.0. The van der Waals surface area contributed by atoms with Crippen molar-refractivity contribution in [3.05, 3.63) is 0 Å². The summed E-state index contributed by atoms with van der Waals surface area (Å²) in [5, 5.41) is 12.3. The summed E-state index contributed by atoms with van der Waals surface area (Å²) in [6.07, 6.45) is 1.86. The van der Waals surface area contributed by atoms with Crippen LogP contribution in [0.3, 0.4) is 0 Å². The Morgan fingerprint density at radius 3 is 1.50 bits per heavy atom. The summed E-state index contributed by atoms with van der Waals surface area (Å²) in [4.78, 5) is 28.9. The molecule has 0 bridgehead atoms. The summed E-state index contributed by atoms with van der Waals surface area (Å²) in [6, 6.07) is 0. The first-order chi connectivity index (χ1) is 19.9. The van der Waals surface area contributed by atoms with E-state index in [1.165, 1.54) is 5.06 Å². The molecule has 7 heteroatoms. The van der Waals surface area contributed by atoms with Crippen LogP contribution in [0.5, 0.6) is 0 Å². The van der Waals surface area contributed by atoms with Gasteiger partial charge in [-0.3, -0.25) is 9.59 Å². The van der Waals surface area contributed by atoms with E-state index in [0.29, 0.717) is 25.7 Å².